The molecular weight excluding hydrogens is 422 g/mol. The highest BCUT2D eigenvalue weighted by atomic mass is 35.5. The molecule has 2 amide bonds. The summed E-state index contributed by atoms with van der Waals surface area (Å²) in [7, 11) is 0. The van der Waals surface area contributed by atoms with Crippen LogP contribution in [0.15, 0.2) is 24.4 Å². The third-order valence-corrected chi connectivity index (χ3v) is 7.23. The zero-order valence-corrected chi connectivity index (χ0v) is 18.8. The molecule has 1 N–H and O–H groups in total. The van der Waals surface area contributed by atoms with Gasteiger partial charge in [0.1, 0.15) is 0 Å². The van der Waals surface area contributed by atoms with Gasteiger partial charge in [0, 0.05) is 25.3 Å². The number of rotatable bonds is 5. The summed E-state index contributed by atoms with van der Waals surface area (Å²) < 4.78 is 6.26. The molecule has 2 aromatic heterocycles. The van der Waals surface area contributed by atoms with E-state index in [0.29, 0.717) is 45.6 Å². The summed E-state index contributed by atoms with van der Waals surface area (Å²) in [6.45, 7) is 5.01. The Kier molecular flexibility index (Phi) is 6.29. The topological polar surface area (TPSA) is 71.5 Å². The van der Waals surface area contributed by atoms with Crippen LogP contribution in [-0.2, 0) is 0 Å². The maximum absolute atomic E-state index is 12.7. The van der Waals surface area contributed by atoms with E-state index in [0.717, 1.165) is 31.2 Å². The maximum Gasteiger partial charge on any atom is 0.415 e. The van der Waals surface area contributed by atoms with E-state index in [9.17, 15) is 9.59 Å². The van der Waals surface area contributed by atoms with Gasteiger partial charge in [-0.15, -0.1) is 11.3 Å². The lowest BCUT2D eigenvalue weighted by molar-refractivity contribution is 0.0874. The molecule has 2 aliphatic rings. The summed E-state index contributed by atoms with van der Waals surface area (Å²) in [5, 5.41) is 3.25. The van der Waals surface area contributed by atoms with Crippen LogP contribution < -0.4 is 10.1 Å². The monoisotopic (exact) mass is 447 g/mol. The van der Waals surface area contributed by atoms with Crippen LogP contribution >= 0.6 is 22.9 Å². The van der Waals surface area contributed by atoms with Crippen LogP contribution in [0.1, 0.15) is 46.6 Å². The fourth-order valence-corrected chi connectivity index (χ4v) is 5.11. The highest BCUT2D eigenvalue weighted by molar-refractivity contribution is 7.18. The molecule has 4 rings (SSSR count). The number of hydrogen-bond donors (Lipinski definition) is 1. The minimum Gasteiger partial charge on any atom is -0.408 e. The highest BCUT2D eigenvalue weighted by Crippen LogP contribution is 2.39. The Bertz CT molecular complexity index is 915. The van der Waals surface area contributed by atoms with E-state index in [4.69, 9.17) is 16.3 Å². The fraction of sp³-hybridized carbons (Fsp3) is 0.500. The first-order chi connectivity index (χ1) is 14.4. The highest BCUT2D eigenvalue weighted by Gasteiger charge is 2.39. The Morgan fingerprint density at radius 2 is 1.87 bits per heavy atom. The average molecular weight is 448 g/mol. The number of halogens is 1. The average Bonchev–Trinajstić information content (AvgIpc) is 3.48. The van der Waals surface area contributed by atoms with Gasteiger partial charge in [-0.2, -0.15) is 0 Å². The maximum atomic E-state index is 12.7. The van der Waals surface area contributed by atoms with Crippen molar-refractivity contribution in [3.63, 3.8) is 0 Å². The van der Waals surface area contributed by atoms with Crippen molar-refractivity contribution in [2.24, 2.45) is 11.8 Å². The number of carbonyl (C=O) groups is 2. The van der Waals surface area contributed by atoms with Crippen molar-refractivity contribution in [3.8, 4) is 5.75 Å². The third kappa shape index (κ3) is 4.78. The van der Waals surface area contributed by atoms with Crippen LogP contribution in [0.25, 0.3) is 0 Å². The Morgan fingerprint density at radius 3 is 2.47 bits per heavy atom. The molecule has 6 nitrogen and oxygen atoms in total. The molecule has 1 atom stereocenters. The minimum absolute atomic E-state index is 0.0480. The normalized spacial score (nSPS) is 18.2. The van der Waals surface area contributed by atoms with Gasteiger partial charge in [0.05, 0.1) is 14.9 Å². The summed E-state index contributed by atoms with van der Waals surface area (Å²) in [5.74, 6) is 1.40. The first-order valence-corrected chi connectivity index (χ1v) is 11.6. The molecule has 1 aliphatic carbocycles. The molecular formula is C22H26ClN3O3S. The zero-order chi connectivity index (χ0) is 21.3. The molecule has 3 heterocycles. The van der Waals surface area contributed by atoms with Crippen LogP contribution in [0, 0.1) is 25.7 Å². The molecule has 0 aromatic carbocycles. The van der Waals surface area contributed by atoms with E-state index in [2.05, 4.69) is 10.3 Å². The van der Waals surface area contributed by atoms with Gasteiger partial charge >= 0.3 is 6.09 Å². The first kappa shape index (κ1) is 21.1. The molecule has 160 valence electrons. The largest absolute Gasteiger partial charge is 0.415 e. The third-order valence-electron chi connectivity index (χ3n) is 6.00. The number of aromatic nitrogens is 1. The standard InChI is InChI=1S/C22H26ClN3O3S/c1-13-7-10-24-14(2)20(13)29-22(28)26-11-8-16(9-12-26)19(15-3-4-15)25-21(27)17-5-6-18(23)30-17/h5-7,10,15-16,19H,3-4,8-9,11-12H2,1-2H3,(H,25,27)/t19-/m1/s1. The van der Waals surface area contributed by atoms with Crippen molar-refractivity contribution in [1.29, 1.82) is 0 Å². The van der Waals surface area contributed by atoms with Crippen molar-refractivity contribution in [2.75, 3.05) is 13.1 Å². The molecule has 1 saturated carbocycles. The van der Waals surface area contributed by atoms with Crippen molar-refractivity contribution in [1.82, 2.24) is 15.2 Å². The van der Waals surface area contributed by atoms with Gasteiger partial charge in [-0.05, 0) is 75.1 Å². The molecule has 8 heteroatoms. The van der Waals surface area contributed by atoms with E-state index in [1.807, 2.05) is 19.9 Å². The number of ether oxygens (including phenoxy) is 1. The summed E-state index contributed by atoms with van der Waals surface area (Å²) >= 11 is 7.28. The Hall–Kier alpha value is -2.12. The number of hydrogen-bond acceptors (Lipinski definition) is 5. The van der Waals surface area contributed by atoms with Gasteiger partial charge in [0.25, 0.3) is 5.91 Å². The van der Waals surface area contributed by atoms with Gasteiger partial charge in [0.15, 0.2) is 5.75 Å². The number of pyridine rings is 1. The van der Waals surface area contributed by atoms with Crippen LogP contribution in [-0.4, -0.2) is 41.0 Å². The fourth-order valence-electron chi connectivity index (χ4n) is 4.16. The Morgan fingerprint density at radius 1 is 1.17 bits per heavy atom. The van der Waals surface area contributed by atoms with Crippen molar-refractivity contribution >= 4 is 34.9 Å². The molecule has 0 bridgehead atoms. The second kappa shape index (κ2) is 8.94. The van der Waals surface area contributed by atoms with Crippen LogP contribution in [0.2, 0.25) is 4.34 Å². The smallest absolute Gasteiger partial charge is 0.408 e. The van der Waals surface area contributed by atoms with E-state index < -0.39 is 0 Å². The number of thiophene rings is 1. The van der Waals surface area contributed by atoms with Crippen molar-refractivity contribution < 1.29 is 14.3 Å². The molecule has 30 heavy (non-hydrogen) atoms. The molecule has 0 radical (unpaired) electrons. The van der Waals surface area contributed by atoms with Gasteiger partial charge < -0.3 is 15.0 Å². The predicted octanol–water partition coefficient (Wildman–Crippen LogP) is 4.83. The lowest BCUT2D eigenvalue weighted by Crippen LogP contribution is -2.48. The van der Waals surface area contributed by atoms with Crippen LogP contribution in [0.5, 0.6) is 5.75 Å². The van der Waals surface area contributed by atoms with E-state index in [1.165, 1.54) is 11.3 Å². The molecule has 1 saturated heterocycles. The van der Waals surface area contributed by atoms with Gasteiger partial charge in [-0.25, -0.2) is 4.79 Å². The summed E-state index contributed by atoms with van der Waals surface area (Å²) in [6, 6.07) is 5.52. The van der Waals surface area contributed by atoms with Crippen LogP contribution in [0.3, 0.4) is 0 Å². The minimum atomic E-state index is -0.326. The lowest BCUT2D eigenvalue weighted by Gasteiger charge is -2.36. The summed E-state index contributed by atoms with van der Waals surface area (Å²) in [6.07, 6.45) is 5.40. The number of carbonyl (C=O) groups excluding carboxylic acids is 2. The number of aryl methyl sites for hydroxylation is 2. The molecule has 2 aromatic rings. The molecule has 0 unspecified atom stereocenters. The molecule has 0 spiro atoms. The van der Waals surface area contributed by atoms with E-state index >= 15 is 0 Å². The SMILES string of the molecule is Cc1ccnc(C)c1OC(=O)N1CCC([C@H](NC(=O)c2ccc(Cl)s2)C2CC2)CC1. The lowest BCUT2D eigenvalue weighted by atomic mass is 9.86. The Labute approximate surface area is 185 Å². The van der Waals surface area contributed by atoms with Gasteiger partial charge in [-0.1, -0.05) is 11.6 Å². The summed E-state index contributed by atoms with van der Waals surface area (Å²) in [4.78, 5) is 31.9. The number of nitrogens with zero attached hydrogens (tertiary/aromatic N) is 2. The molecule has 1 aliphatic heterocycles. The van der Waals surface area contributed by atoms with Crippen molar-refractivity contribution in [3.05, 3.63) is 44.9 Å². The zero-order valence-electron chi connectivity index (χ0n) is 17.2. The van der Waals surface area contributed by atoms with Gasteiger partial charge in [0.2, 0.25) is 0 Å². The molecule has 2 fully saturated rings. The van der Waals surface area contributed by atoms with E-state index in [-0.39, 0.29) is 18.0 Å². The number of amides is 2. The Balaban J connectivity index is 1.34. The second-order valence-electron chi connectivity index (χ2n) is 8.18. The number of piperidine rings is 1. The van der Waals surface area contributed by atoms with Crippen LogP contribution in [0.4, 0.5) is 4.79 Å². The first-order valence-electron chi connectivity index (χ1n) is 10.4. The number of nitrogens with one attached hydrogen (secondary N) is 1. The van der Waals surface area contributed by atoms with E-state index in [1.54, 1.807) is 23.2 Å². The quantitative estimate of drug-likeness (QED) is 0.712. The van der Waals surface area contributed by atoms with Gasteiger partial charge in [-0.3, -0.25) is 9.78 Å². The second-order valence-corrected chi connectivity index (χ2v) is 9.89. The van der Waals surface area contributed by atoms with Crippen molar-refractivity contribution in [2.45, 2.75) is 45.6 Å². The number of likely N-dealkylation sites (tertiary alicyclic amines) is 1. The predicted molar refractivity (Wildman–Crippen MR) is 117 cm³/mol. The summed E-state index contributed by atoms with van der Waals surface area (Å²) in [5.41, 5.74) is 1.61.